The summed E-state index contributed by atoms with van der Waals surface area (Å²) in [5.41, 5.74) is 2.27. The maximum atomic E-state index is 5.43. The van der Waals surface area contributed by atoms with Crippen LogP contribution in [0, 0.1) is 12.3 Å². The van der Waals surface area contributed by atoms with Crippen LogP contribution in [0.4, 0.5) is 0 Å². The first-order chi connectivity index (χ1) is 7.88. The zero-order valence-electron chi connectivity index (χ0n) is 9.48. The minimum Gasteiger partial charge on any atom is -0.380 e. The minimum absolute atomic E-state index is 0.850. The molecule has 0 bridgehead atoms. The highest BCUT2D eigenvalue weighted by Crippen LogP contribution is 2.08. The van der Waals surface area contributed by atoms with Gasteiger partial charge in [0.05, 0.1) is 6.61 Å². The van der Waals surface area contributed by atoms with E-state index in [0.717, 1.165) is 44.8 Å². The van der Waals surface area contributed by atoms with E-state index < -0.39 is 0 Å². The molecule has 0 atom stereocenters. The van der Waals surface area contributed by atoms with E-state index in [4.69, 9.17) is 11.2 Å². The number of nitrogens with zero attached hydrogens (tertiary/aromatic N) is 1. The van der Waals surface area contributed by atoms with Gasteiger partial charge >= 0.3 is 0 Å². The molecule has 2 heteroatoms. The fourth-order valence-corrected chi connectivity index (χ4v) is 1.92. The van der Waals surface area contributed by atoms with Crippen molar-refractivity contribution in [2.45, 2.75) is 13.0 Å². The number of terminal acetylenes is 1. The average Bonchev–Trinajstić information content (AvgIpc) is 2.59. The van der Waals surface area contributed by atoms with Crippen molar-refractivity contribution in [2.24, 2.45) is 0 Å². The van der Waals surface area contributed by atoms with Gasteiger partial charge in [-0.25, -0.2) is 0 Å². The van der Waals surface area contributed by atoms with E-state index in [1.165, 1.54) is 5.56 Å². The van der Waals surface area contributed by atoms with Crippen molar-refractivity contribution in [3.63, 3.8) is 0 Å². The smallest absolute Gasteiger partial charge is 0.0593 e. The van der Waals surface area contributed by atoms with Crippen LogP contribution in [0.25, 0.3) is 0 Å². The largest absolute Gasteiger partial charge is 0.380 e. The lowest BCUT2D eigenvalue weighted by atomic mass is 10.1. The van der Waals surface area contributed by atoms with Crippen LogP contribution in [0.2, 0.25) is 0 Å². The molecule has 1 aliphatic rings. The third kappa shape index (κ3) is 3.10. The first-order valence-electron chi connectivity index (χ1n) is 5.74. The molecule has 16 heavy (non-hydrogen) atoms. The lowest BCUT2D eigenvalue weighted by molar-refractivity contribution is 0.140. The van der Waals surface area contributed by atoms with Crippen molar-refractivity contribution in [1.29, 1.82) is 0 Å². The standard InChI is InChI=1S/C14H17NO/c1-2-13-4-6-14(7-5-13)12-15-8-3-10-16-11-9-15/h1,4-7H,3,8-12H2. The fraction of sp³-hybridized carbons (Fsp3) is 0.429. The second kappa shape index (κ2) is 5.69. The first kappa shape index (κ1) is 11.2. The second-order valence-corrected chi connectivity index (χ2v) is 4.08. The van der Waals surface area contributed by atoms with Crippen LogP contribution in [0.15, 0.2) is 24.3 Å². The number of hydrogen-bond acceptors (Lipinski definition) is 2. The van der Waals surface area contributed by atoms with Gasteiger partial charge in [-0.2, -0.15) is 0 Å². The Morgan fingerprint density at radius 2 is 2.00 bits per heavy atom. The molecule has 1 heterocycles. The first-order valence-corrected chi connectivity index (χ1v) is 5.74. The van der Waals surface area contributed by atoms with Gasteiger partial charge in [0.1, 0.15) is 0 Å². The van der Waals surface area contributed by atoms with Gasteiger partial charge in [-0.15, -0.1) is 6.42 Å². The van der Waals surface area contributed by atoms with E-state index in [1.54, 1.807) is 0 Å². The van der Waals surface area contributed by atoms with Crippen LogP contribution in [-0.2, 0) is 11.3 Å². The number of benzene rings is 1. The zero-order chi connectivity index (χ0) is 11.2. The van der Waals surface area contributed by atoms with Crippen LogP contribution in [-0.4, -0.2) is 31.2 Å². The Kier molecular flexibility index (Phi) is 3.98. The topological polar surface area (TPSA) is 12.5 Å². The molecule has 0 unspecified atom stereocenters. The molecule has 1 saturated heterocycles. The van der Waals surface area contributed by atoms with E-state index >= 15 is 0 Å². The molecule has 0 amide bonds. The Labute approximate surface area is 97.2 Å². The van der Waals surface area contributed by atoms with Gasteiger partial charge in [0, 0.05) is 31.8 Å². The lowest BCUT2D eigenvalue weighted by Crippen LogP contribution is -2.25. The molecule has 2 rings (SSSR count). The molecule has 0 aliphatic carbocycles. The predicted molar refractivity (Wildman–Crippen MR) is 65.1 cm³/mol. The Hall–Kier alpha value is -1.30. The van der Waals surface area contributed by atoms with Crippen molar-refractivity contribution in [3.8, 4) is 12.3 Å². The summed E-state index contributed by atoms with van der Waals surface area (Å²) in [4.78, 5) is 2.43. The highest BCUT2D eigenvalue weighted by Gasteiger charge is 2.09. The van der Waals surface area contributed by atoms with Gasteiger partial charge in [-0.1, -0.05) is 18.1 Å². The van der Waals surface area contributed by atoms with Crippen LogP contribution in [0.5, 0.6) is 0 Å². The summed E-state index contributed by atoms with van der Waals surface area (Å²) in [5, 5.41) is 0. The normalized spacial score (nSPS) is 17.7. The summed E-state index contributed by atoms with van der Waals surface area (Å²) in [5.74, 6) is 2.63. The Morgan fingerprint density at radius 3 is 2.75 bits per heavy atom. The summed E-state index contributed by atoms with van der Waals surface area (Å²) < 4.78 is 5.43. The highest BCUT2D eigenvalue weighted by molar-refractivity contribution is 5.34. The number of rotatable bonds is 2. The van der Waals surface area contributed by atoms with E-state index in [-0.39, 0.29) is 0 Å². The third-order valence-corrected chi connectivity index (χ3v) is 2.84. The van der Waals surface area contributed by atoms with Gasteiger partial charge in [-0.05, 0) is 24.1 Å². The maximum Gasteiger partial charge on any atom is 0.0593 e. The van der Waals surface area contributed by atoms with Gasteiger partial charge in [0.15, 0.2) is 0 Å². The molecular formula is C14H17NO. The molecule has 1 aliphatic heterocycles. The van der Waals surface area contributed by atoms with Gasteiger partial charge in [-0.3, -0.25) is 4.90 Å². The van der Waals surface area contributed by atoms with Crippen molar-refractivity contribution in [2.75, 3.05) is 26.3 Å². The van der Waals surface area contributed by atoms with Gasteiger partial charge in [0.25, 0.3) is 0 Å². The zero-order valence-corrected chi connectivity index (χ0v) is 9.48. The number of ether oxygens (including phenoxy) is 1. The molecule has 1 fully saturated rings. The van der Waals surface area contributed by atoms with Crippen LogP contribution in [0.3, 0.4) is 0 Å². The SMILES string of the molecule is C#Cc1ccc(CN2CCCOCC2)cc1. The summed E-state index contributed by atoms with van der Waals surface area (Å²) in [7, 11) is 0. The van der Waals surface area contributed by atoms with Crippen LogP contribution >= 0.6 is 0 Å². The Balaban J connectivity index is 1.94. The summed E-state index contributed by atoms with van der Waals surface area (Å²) in [6.07, 6.45) is 6.46. The molecule has 1 aromatic rings. The minimum atomic E-state index is 0.850. The van der Waals surface area contributed by atoms with Crippen molar-refractivity contribution in [1.82, 2.24) is 4.90 Å². The third-order valence-electron chi connectivity index (χ3n) is 2.84. The summed E-state index contributed by atoms with van der Waals surface area (Å²) >= 11 is 0. The lowest BCUT2D eigenvalue weighted by Gasteiger charge is -2.18. The predicted octanol–water partition coefficient (Wildman–Crippen LogP) is 1.89. The second-order valence-electron chi connectivity index (χ2n) is 4.08. The van der Waals surface area contributed by atoms with Crippen LogP contribution in [0.1, 0.15) is 17.5 Å². The number of hydrogen-bond donors (Lipinski definition) is 0. The summed E-state index contributed by atoms with van der Waals surface area (Å²) in [6.45, 7) is 4.89. The molecular weight excluding hydrogens is 198 g/mol. The fourth-order valence-electron chi connectivity index (χ4n) is 1.92. The molecule has 0 spiro atoms. The van der Waals surface area contributed by atoms with E-state index in [0.29, 0.717) is 0 Å². The van der Waals surface area contributed by atoms with Gasteiger partial charge < -0.3 is 4.74 Å². The summed E-state index contributed by atoms with van der Waals surface area (Å²) in [6, 6.07) is 8.23. The van der Waals surface area contributed by atoms with E-state index in [2.05, 4.69) is 23.0 Å². The Morgan fingerprint density at radius 1 is 1.19 bits per heavy atom. The maximum absolute atomic E-state index is 5.43. The molecule has 84 valence electrons. The Bertz CT molecular complexity index is 355. The van der Waals surface area contributed by atoms with E-state index in [1.807, 2.05) is 12.1 Å². The highest BCUT2D eigenvalue weighted by atomic mass is 16.5. The molecule has 2 nitrogen and oxygen atoms in total. The molecule has 0 N–H and O–H groups in total. The molecule has 0 aromatic heterocycles. The van der Waals surface area contributed by atoms with Gasteiger partial charge in [0.2, 0.25) is 0 Å². The molecule has 1 aromatic carbocycles. The van der Waals surface area contributed by atoms with Crippen molar-refractivity contribution >= 4 is 0 Å². The quantitative estimate of drug-likeness (QED) is 0.699. The van der Waals surface area contributed by atoms with Crippen molar-refractivity contribution in [3.05, 3.63) is 35.4 Å². The average molecular weight is 215 g/mol. The molecule has 0 saturated carbocycles. The molecule has 0 radical (unpaired) electrons. The van der Waals surface area contributed by atoms with E-state index in [9.17, 15) is 0 Å². The van der Waals surface area contributed by atoms with Crippen LogP contribution < -0.4 is 0 Å². The van der Waals surface area contributed by atoms with Crippen molar-refractivity contribution < 1.29 is 4.74 Å². The monoisotopic (exact) mass is 215 g/mol.